The molecule has 1 aromatic carbocycles. The van der Waals surface area contributed by atoms with E-state index in [0.717, 1.165) is 12.1 Å². The third-order valence-electron chi connectivity index (χ3n) is 2.43. The Morgan fingerprint density at radius 3 is 2.69 bits per heavy atom. The molecule has 0 saturated carbocycles. The molecule has 0 saturated heterocycles. The van der Waals surface area contributed by atoms with E-state index >= 15 is 0 Å². The summed E-state index contributed by atoms with van der Waals surface area (Å²) in [5.74, 6) is -0.0618. The molecule has 3 nitrogen and oxygen atoms in total. The molecule has 0 radical (unpaired) electrons. The Labute approximate surface area is 95.6 Å². The van der Waals surface area contributed by atoms with Gasteiger partial charge in [0.05, 0.1) is 13.7 Å². The summed E-state index contributed by atoms with van der Waals surface area (Å²) >= 11 is 0. The molecule has 1 rings (SSSR count). The van der Waals surface area contributed by atoms with Crippen LogP contribution >= 0.6 is 0 Å². The first kappa shape index (κ1) is 12.9. The van der Waals surface area contributed by atoms with Gasteiger partial charge in [0.2, 0.25) is 0 Å². The second-order valence-electron chi connectivity index (χ2n) is 3.56. The SMILES string of the molecule is COCCNC(C)c1ccc(OC)c(F)c1. The summed E-state index contributed by atoms with van der Waals surface area (Å²) in [6.07, 6.45) is 0. The molecule has 0 amide bonds. The van der Waals surface area contributed by atoms with Crippen molar-refractivity contribution >= 4 is 0 Å². The number of methoxy groups -OCH3 is 2. The Hall–Kier alpha value is -1.13. The van der Waals surface area contributed by atoms with Crippen molar-refractivity contribution in [3.05, 3.63) is 29.6 Å². The normalized spacial score (nSPS) is 12.5. The molecule has 16 heavy (non-hydrogen) atoms. The zero-order valence-corrected chi connectivity index (χ0v) is 9.92. The van der Waals surface area contributed by atoms with Gasteiger partial charge in [0, 0.05) is 19.7 Å². The quantitative estimate of drug-likeness (QED) is 0.755. The molecular weight excluding hydrogens is 209 g/mol. The van der Waals surface area contributed by atoms with E-state index in [2.05, 4.69) is 5.32 Å². The van der Waals surface area contributed by atoms with Crippen LogP contribution in [0.5, 0.6) is 5.75 Å². The van der Waals surface area contributed by atoms with Crippen LogP contribution in [0.15, 0.2) is 18.2 Å². The Morgan fingerprint density at radius 1 is 1.38 bits per heavy atom. The highest BCUT2D eigenvalue weighted by atomic mass is 19.1. The molecule has 1 atom stereocenters. The minimum Gasteiger partial charge on any atom is -0.494 e. The minimum atomic E-state index is -0.333. The van der Waals surface area contributed by atoms with Crippen LogP contribution in [0.25, 0.3) is 0 Å². The Kier molecular flexibility index (Phi) is 5.22. The molecule has 0 fully saturated rings. The van der Waals surface area contributed by atoms with Crippen molar-refractivity contribution in [1.29, 1.82) is 0 Å². The second kappa shape index (κ2) is 6.45. The maximum absolute atomic E-state index is 13.4. The molecule has 1 unspecified atom stereocenters. The largest absolute Gasteiger partial charge is 0.494 e. The van der Waals surface area contributed by atoms with Gasteiger partial charge in [-0.1, -0.05) is 6.07 Å². The highest BCUT2D eigenvalue weighted by Crippen LogP contribution is 2.21. The van der Waals surface area contributed by atoms with Gasteiger partial charge in [-0.3, -0.25) is 0 Å². The van der Waals surface area contributed by atoms with Crippen LogP contribution in [-0.2, 0) is 4.74 Å². The maximum Gasteiger partial charge on any atom is 0.165 e. The van der Waals surface area contributed by atoms with Crippen LogP contribution in [0.2, 0.25) is 0 Å². The van der Waals surface area contributed by atoms with Crippen LogP contribution in [0.1, 0.15) is 18.5 Å². The molecule has 0 heterocycles. The Bertz CT molecular complexity index is 331. The van der Waals surface area contributed by atoms with E-state index in [0.29, 0.717) is 6.61 Å². The van der Waals surface area contributed by atoms with Crippen molar-refractivity contribution in [2.45, 2.75) is 13.0 Å². The van der Waals surface area contributed by atoms with Gasteiger partial charge in [-0.2, -0.15) is 0 Å². The van der Waals surface area contributed by atoms with E-state index in [-0.39, 0.29) is 17.6 Å². The predicted molar refractivity (Wildman–Crippen MR) is 61.2 cm³/mol. The molecule has 1 aromatic rings. The fourth-order valence-electron chi connectivity index (χ4n) is 1.45. The zero-order chi connectivity index (χ0) is 12.0. The lowest BCUT2D eigenvalue weighted by Crippen LogP contribution is -2.22. The number of nitrogens with one attached hydrogen (secondary N) is 1. The van der Waals surface area contributed by atoms with Gasteiger partial charge in [0.1, 0.15) is 0 Å². The molecule has 0 aliphatic heterocycles. The monoisotopic (exact) mass is 227 g/mol. The lowest BCUT2D eigenvalue weighted by atomic mass is 10.1. The fourth-order valence-corrected chi connectivity index (χ4v) is 1.45. The van der Waals surface area contributed by atoms with Crippen molar-refractivity contribution in [3.8, 4) is 5.75 Å². The first-order valence-corrected chi connectivity index (χ1v) is 5.24. The maximum atomic E-state index is 13.4. The predicted octanol–water partition coefficient (Wildman–Crippen LogP) is 2.13. The lowest BCUT2D eigenvalue weighted by molar-refractivity contribution is 0.196. The number of hydrogen-bond acceptors (Lipinski definition) is 3. The fraction of sp³-hybridized carbons (Fsp3) is 0.500. The molecule has 0 aliphatic carbocycles. The Balaban J connectivity index is 2.62. The van der Waals surface area contributed by atoms with Crippen molar-refractivity contribution in [3.63, 3.8) is 0 Å². The average Bonchev–Trinajstić information content (AvgIpc) is 2.29. The van der Waals surface area contributed by atoms with Crippen molar-refractivity contribution in [2.24, 2.45) is 0 Å². The zero-order valence-electron chi connectivity index (χ0n) is 9.92. The van der Waals surface area contributed by atoms with Gasteiger partial charge in [-0.05, 0) is 24.6 Å². The van der Waals surface area contributed by atoms with Crippen LogP contribution < -0.4 is 10.1 Å². The van der Waals surface area contributed by atoms with Crippen molar-refractivity contribution in [1.82, 2.24) is 5.32 Å². The summed E-state index contributed by atoms with van der Waals surface area (Å²) in [5.41, 5.74) is 0.898. The van der Waals surface area contributed by atoms with Gasteiger partial charge >= 0.3 is 0 Å². The average molecular weight is 227 g/mol. The molecular formula is C12H18FNO2. The van der Waals surface area contributed by atoms with Gasteiger partial charge in [0.25, 0.3) is 0 Å². The summed E-state index contributed by atoms with van der Waals surface area (Å²) in [5, 5.41) is 3.23. The van der Waals surface area contributed by atoms with Crippen molar-refractivity contribution < 1.29 is 13.9 Å². The standard InChI is InChI=1S/C12H18FNO2/c1-9(14-6-7-15-2)10-4-5-12(16-3)11(13)8-10/h4-5,8-9,14H,6-7H2,1-3H3. The van der Waals surface area contributed by atoms with E-state index in [1.807, 2.05) is 13.0 Å². The number of hydrogen-bond donors (Lipinski definition) is 1. The van der Waals surface area contributed by atoms with Gasteiger partial charge in [0.15, 0.2) is 11.6 Å². The lowest BCUT2D eigenvalue weighted by Gasteiger charge is -2.14. The summed E-state index contributed by atoms with van der Waals surface area (Å²) in [7, 11) is 3.11. The van der Waals surface area contributed by atoms with E-state index in [4.69, 9.17) is 9.47 Å². The summed E-state index contributed by atoms with van der Waals surface area (Å²) in [4.78, 5) is 0. The third-order valence-corrected chi connectivity index (χ3v) is 2.43. The first-order valence-electron chi connectivity index (χ1n) is 5.24. The molecule has 0 bridgehead atoms. The van der Waals surface area contributed by atoms with Crippen LogP contribution in [-0.4, -0.2) is 27.4 Å². The van der Waals surface area contributed by atoms with E-state index < -0.39 is 0 Å². The van der Waals surface area contributed by atoms with E-state index in [9.17, 15) is 4.39 Å². The summed E-state index contributed by atoms with van der Waals surface area (Å²) < 4.78 is 23.2. The van der Waals surface area contributed by atoms with Crippen LogP contribution in [0, 0.1) is 5.82 Å². The highest BCUT2D eigenvalue weighted by Gasteiger charge is 2.08. The topological polar surface area (TPSA) is 30.5 Å². The smallest absolute Gasteiger partial charge is 0.165 e. The minimum absolute atomic E-state index is 0.0931. The first-order chi connectivity index (χ1) is 7.69. The molecule has 0 aliphatic rings. The summed E-state index contributed by atoms with van der Waals surface area (Å²) in [6, 6.07) is 5.07. The number of rotatable bonds is 6. The molecule has 0 spiro atoms. The molecule has 0 aromatic heterocycles. The van der Waals surface area contributed by atoms with Gasteiger partial charge < -0.3 is 14.8 Å². The Morgan fingerprint density at radius 2 is 2.12 bits per heavy atom. The van der Waals surface area contributed by atoms with E-state index in [1.165, 1.54) is 13.2 Å². The van der Waals surface area contributed by atoms with Crippen LogP contribution in [0.4, 0.5) is 4.39 Å². The molecule has 4 heteroatoms. The highest BCUT2D eigenvalue weighted by molar-refractivity contribution is 5.30. The van der Waals surface area contributed by atoms with E-state index in [1.54, 1.807) is 13.2 Å². The second-order valence-corrected chi connectivity index (χ2v) is 3.56. The van der Waals surface area contributed by atoms with Gasteiger partial charge in [-0.25, -0.2) is 4.39 Å². The summed E-state index contributed by atoms with van der Waals surface area (Å²) in [6.45, 7) is 3.37. The number of benzene rings is 1. The number of ether oxygens (including phenoxy) is 2. The molecule has 1 N–H and O–H groups in total. The molecule has 90 valence electrons. The van der Waals surface area contributed by atoms with Gasteiger partial charge in [-0.15, -0.1) is 0 Å². The third kappa shape index (κ3) is 3.47. The van der Waals surface area contributed by atoms with Crippen LogP contribution in [0.3, 0.4) is 0 Å². The number of halogens is 1. The van der Waals surface area contributed by atoms with Crippen molar-refractivity contribution in [2.75, 3.05) is 27.4 Å².